The first-order valence-electron chi connectivity index (χ1n) is 6.53. The van der Waals surface area contributed by atoms with Crippen molar-refractivity contribution in [1.82, 2.24) is 15.5 Å². The summed E-state index contributed by atoms with van der Waals surface area (Å²) in [5, 5.41) is 5.91. The zero-order valence-corrected chi connectivity index (χ0v) is 12.0. The van der Waals surface area contributed by atoms with Crippen molar-refractivity contribution in [2.24, 2.45) is 0 Å². The van der Waals surface area contributed by atoms with E-state index in [1.54, 1.807) is 11.9 Å². The fraction of sp³-hybridized carbons (Fsp3) is 0.833. The number of likely N-dealkylation sites (N-methyl/N-ethyl adjacent to an activating group) is 1. The molecule has 0 aromatic heterocycles. The highest BCUT2D eigenvalue weighted by atomic mass is 35.5. The number of rotatable bonds is 4. The van der Waals surface area contributed by atoms with Crippen molar-refractivity contribution in [2.75, 3.05) is 33.3 Å². The summed E-state index contributed by atoms with van der Waals surface area (Å²) < 4.78 is 5.43. The molecule has 19 heavy (non-hydrogen) atoms. The fourth-order valence-corrected chi connectivity index (χ4v) is 2.32. The third-order valence-corrected chi connectivity index (χ3v) is 3.45. The number of carbonyl (C=O) groups is 2. The topological polar surface area (TPSA) is 70.7 Å². The largest absolute Gasteiger partial charge is 0.376 e. The van der Waals surface area contributed by atoms with Crippen LogP contribution in [-0.2, 0) is 14.3 Å². The molecule has 2 amide bonds. The molecule has 2 heterocycles. The molecule has 2 saturated heterocycles. The summed E-state index contributed by atoms with van der Waals surface area (Å²) in [6.07, 6.45) is 2.42. The van der Waals surface area contributed by atoms with E-state index in [9.17, 15) is 9.59 Å². The maximum atomic E-state index is 11.8. The van der Waals surface area contributed by atoms with Crippen molar-refractivity contribution >= 4 is 24.2 Å². The predicted molar refractivity (Wildman–Crippen MR) is 73.3 cm³/mol. The van der Waals surface area contributed by atoms with Crippen molar-refractivity contribution in [2.45, 2.75) is 31.4 Å². The SMILES string of the molecule is CN1CCNC(CC(=O)NCC2CCCO2)C1=O.Cl. The minimum atomic E-state index is -0.381. The summed E-state index contributed by atoms with van der Waals surface area (Å²) in [6, 6.07) is -0.381. The average Bonchev–Trinajstić information content (AvgIpc) is 2.86. The van der Waals surface area contributed by atoms with Crippen LogP contribution in [0.15, 0.2) is 0 Å². The van der Waals surface area contributed by atoms with Gasteiger partial charge in [-0.05, 0) is 12.8 Å². The molecular weight excluding hydrogens is 270 g/mol. The van der Waals surface area contributed by atoms with E-state index >= 15 is 0 Å². The van der Waals surface area contributed by atoms with Crippen molar-refractivity contribution in [3.63, 3.8) is 0 Å². The lowest BCUT2D eigenvalue weighted by molar-refractivity contribution is -0.137. The Labute approximate surface area is 119 Å². The first kappa shape index (κ1) is 16.2. The molecule has 0 radical (unpaired) electrons. The Bertz CT molecular complexity index is 321. The van der Waals surface area contributed by atoms with Gasteiger partial charge in [0, 0.05) is 33.3 Å². The van der Waals surface area contributed by atoms with Gasteiger partial charge in [-0.15, -0.1) is 12.4 Å². The van der Waals surface area contributed by atoms with Gasteiger partial charge >= 0.3 is 0 Å². The average molecular weight is 292 g/mol. The molecule has 2 N–H and O–H groups in total. The van der Waals surface area contributed by atoms with Crippen LogP contribution in [0.1, 0.15) is 19.3 Å². The zero-order chi connectivity index (χ0) is 13.0. The molecule has 2 aliphatic heterocycles. The molecule has 2 aliphatic rings. The lowest BCUT2D eigenvalue weighted by atomic mass is 10.1. The van der Waals surface area contributed by atoms with Gasteiger partial charge in [-0.1, -0.05) is 0 Å². The third-order valence-electron chi connectivity index (χ3n) is 3.45. The molecular formula is C12H22ClN3O3. The summed E-state index contributed by atoms with van der Waals surface area (Å²) in [6.45, 7) is 2.78. The molecule has 0 aromatic rings. The maximum absolute atomic E-state index is 11.8. The zero-order valence-electron chi connectivity index (χ0n) is 11.2. The second-order valence-electron chi connectivity index (χ2n) is 4.91. The Morgan fingerprint density at radius 3 is 3.05 bits per heavy atom. The molecule has 2 unspecified atom stereocenters. The number of halogens is 1. The normalized spacial score (nSPS) is 27.0. The van der Waals surface area contributed by atoms with E-state index in [1.165, 1.54) is 0 Å². The van der Waals surface area contributed by atoms with Crippen molar-refractivity contribution < 1.29 is 14.3 Å². The van der Waals surface area contributed by atoms with Gasteiger partial charge in [0.25, 0.3) is 0 Å². The van der Waals surface area contributed by atoms with Crippen LogP contribution >= 0.6 is 12.4 Å². The van der Waals surface area contributed by atoms with Gasteiger partial charge < -0.3 is 20.3 Å². The van der Waals surface area contributed by atoms with Crippen LogP contribution in [0.2, 0.25) is 0 Å². The molecule has 7 heteroatoms. The first-order chi connectivity index (χ1) is 8.66. The van der Waals surface area contributed by atoms with E-state index in [0.29, 0.717) is 13.1 Å². The highest BCUT2D eigenvalue weighted by Crippen LogP contribution is 2.10. The third kappa shape index (κ3) is 4.63. The van der Waals surface area contributed by atoms with Crippen LogP contribution in [0.25, 0.3) is 0 Å². The Hall–Kier alpha value is -0.850. The van der Waals surface area contributed by atoms with Gasteiger partial charge in [0.1, 0.15) is 0 Å². The van der Waals surface area contributed by atoms with Crippen LogP contribution in [0.4, 0.5) is 0 Å². The van der Waals surface area contributed by atoms with Crippen LogP contribution in [0.3, 0.4) is 0 Å². The lowest BCUT2D eigenvalue weighted by Crippen LogP contribution is -2.55. The number of amides is 2. The molecule has 0 aliphatic carbocycles. The minimum Gasteiger partial charge on any atom is -0.376 e. The Kier molecular flexibility index (Phi) is 6.54. The molecule has 2 rings (SSSR count). The van der Waals surface area contributed by atoms with Crippen LogP contribution in [-0.4, -0.2) is 62.1 Å². The van der Waals surface area contributed by atoms with Crippen molar-refractivity contribution in [1.29, 1.82) is 0 Å². The lowest BCUT2D eigenvalue weighted by Gasteiger charge is -2.30. The van der Waals surface area contributed by atoms with Gasteiger partial charge in [0.2, 0.25) is 11.8 Å². The van der Waals surface area contributed by atoms with Crippen LogP contribution < -0.4 is 10.6 Å². The number of nitrogens with zero attached hydrogens (tertiary/aromatic N) is 1. The molecule has 0 aromatic carbocycles. The number of hydrogen-bond donors (Lipinski definition) is 2. The standard InChI is InChI=1S/C12H21N3O3.ClH/c1-15-5-4-13-10(12(15)17)7-11(16)14-8-9-3-2-6-18-9;/h9-10,13H,2-8H2,1H3,(H,14,16);1H. The molecule has 110 valence electrons. The monoisotopic (exact) mass is 291 g/mol. The highest BCUT2D eigenvalue weighted by molar-refractivity contribution is 5.88. The Morgan fingerprint density at radius 2 is 2.37 bits per heavy atom. The molecule has 2 atom stereocenters. The van der Waals surface area contributed by atoms with E-state index in [0.717, 1.165) is 26.0 Å². The summed E-state index contributed by atoms with van der Waals surface area (Å²) in [5.74, 6) is -0.0971. The number of hydrogen-bond acceptors (Lipinski definition) is 4. The summed E-state index contributed by atoms with van der Waals surface area (Å²) in [5.41, 5.74) is 0. The van der Waals surface area contributed by atoms with E-state index in [1.807, 2.05) is 0 Å². The fourth-order valence-electron chi connectivity index (χ4n) is 2.32. The Morgan fingerprint density at radius 1 is 1.58 bits per heavy atom. The summed E-state index contributed by atoms with van der Waals surface area (Å²) in [7, 11) is 1.76. The van der Waals surface area contributed by atoms with Gasteiger partial charge in [-0.3, -0.25) is 9.59 Å². The number of piperazine rings is 1. The van der Waals surface area contributed by atoms with Crippen LogP contribution in [0, 0.1) is 0 Å². The summed E-state index contributed by atoms with van der Waals surface area (Å²) in [4.78, 5) is 25.2. The van der Waals surface area contributed by atoms with E-state index in [2.05, 4.69) is 10.6 Å². The van der Waals surface area contributed by atoms with E-state index in [-0.39, 0.29) is 42.8 Å². The second-order valence-corrected chi connectivity index (χ2v) is 4.91. The molecule has 0 spiro atoms. The quantitative estimate of drug-likeness (QED) is 0.734. The smallest absolute Gasteiger partial charge is 0.240 e. The number of ether oxygens (including phenoxy) is 1. The Balaban J connectivity index is 0.00000180. The number of carbonyl (C=O) groups excluding carboxylic acids is 2. The molecule has 0 bridgehead atoms. The van der Waals surface area contributed by atoms with Gasteiger partial charge in [-0.2, -0.15) is 0 Å². The van der Waals surface area contributed by atoms with Gasteiger partial charge in [-0.25, -0.2) is 0 Å². The predicted octanol–water partition coefficient (Wildman–Crippen LogP) is -0.476. The molecule has 6 nitrogen and oxygen atoms in total. The van der Waals surface area contributed by atoms with E-state index in [4.69, 9.17) is 4.74 Å². The minimum absolute atomic E-state index is 0. The van der Waals surface area contributed by atoms with Crippen molar-refractivity contribution in [3.8, 4) is 0 Å². The second kappa shape index (κ2) is 7.67. The molecule has 0 saturated carbocycles. The maximum Gasteiger partial charge on any atom is 0.240 e. The van der Waals surface area contributed by atoms with Gasteiger partial charge in [0.05, 0.1) is 18.6 Å². The highest BCUT2D eigenvalue weighted by Gasteiger charge is 2.28. The summed E-state index contributed by atoms with van der Waals surface area (Å²) >= 11 is 0. The first-order valence-corrected chi connectivity index (χ1v) is 6.53. The van der Waals surface area contributed by atoms with E-state index < -0.39 is 0 Å². The number of nitrogens with one attached hydrogen (secondary N) is 2. The van der Waals surface area contributed by atoms with Gasteiger partial charge in [0.15, 0.2) is 0 Å². The van der Waals surface area contributed by atoms with Crippen LogP contribution in [0.5, 0.6) is 0 Å². The van der Waals surface area contributed by atoms with Crippen molar-refractivity contribution in [3.05, 3.63) is 0 Å². The molecule has 2 fully saturated rings.